The van der Waals surface area contributed by atoms with Crippen molar-refractivity contribution in [3.8, 4) is 5.82 Å². The monoisotopic (exact) mass is 284 g/mol. The number of aromatic nitrogens is 4. The molecule has 21 heavy (non-hydrogen) atoms. The Balaban J connectivity index is 1.80. The molecule has 0 saturated carbocycles. The average Bonchev–Trinajstić information content (AvgIpc) is 3.02. The van der Waals surface area contributed by atoms with Gasteiger partial charge in [-0.05, 0) is 17.7 Å². The molecule has 0 spiro atoms. The third kappa shape index (κ3) is 2.81. The fourth-order valence-corrected chi connectivity index (χ4v) is 1.91. The second kappa shape index (κ2) is 5.58. The van der Waals surface area contributed by atoms with Gasteiger partial charge in [-0.25, -0.2) is 19.3 Å². The Hall–Kier alpha value is -2.96. The molecule has 0 amide bonds. The van der Waals surface area contributed by atoms with Gasteiger partial charge in [0.2, 0.25) is 0 Å². The summed E-state index contributed by atoms with van der Waals surface area (Å²) in [5.74, 6) is 0.824. The SMILES string of the molecule is Nc1c(NCc2ccc(F)cc2)ncnc1-n1ccnc1. The van der Waals surface area contributed by atoms with Crippen molar-refractivity contribution < 1.29 is 4.39 Å². The molecule has 0 aliphatic carbocycles. The van der Waals surface area contributed by atoms with Crippen LogP contribution in [0.3, 0.4) is 0 Å². The molecule has 6 nitrogen and oxygen atoms in total. The summed E-state index contributed by atoms with van der Waals surface area (Å²) >= 11 is 0. The van der Waals surface area contributed by atoms with Crippen molar-refractivity contribution in [3.63, 3.8) is 0 Å². The predicted octanol–water partition coefficient (Wildman–Crippen LogP) is 2.00. The van der Waals surface area contributed by atoms with Crippen molar-refractivity contribution in [2.75, 3.05) is 11.1 Å². The van der Waals surface area contributed by atoms with Crippen LogP contribution in [-0.4, -0.2) is 19.5 Å². The summed E-state index contributed by atoms with van der Waals surface area (Å²) in [5.41, 5.74) is 7.42. The van der Waals surface area contributed by atoms with Crippen LogP contribution in [0, 0.1) is 5.82 Å². The maximum Gasteiger partial charge on any atom is 0.166 e. The summed E-state index contributed by atoms with van der Waals surface area (Å²) in [6, 6.07) is 6.24. The minimum absolute atomic E-state index is 0.261. The maximum absolute atomic E-state index is 12.9. The molecule has 3 N–H and O–H groups in total. The van der Waals surface area contributed by atoms with Crippen molar-refractivity contribution in [2.24, 2.45) is 0 Å². The number of halogens is 1. The highest BCUT2D eigenvalue weighted by Gasteiger charge is 2.09. The first-order chi connectivity index (χ1) is 10.2. The molecule has 2 heterocycles. The average molecular weight is 284 g/mol. The number of hydrogen-bond acceptors (Lipinski definition) is 5. The van der Waals surface area contributed by atoms with E-state index in [1.807, 2.05) is 0 Å². The van der Waals surface area contributed by atoms with Gasteiger partial charge in [0.1, 0.15) is 24.2 Å². The van der Waals surface area contributed by atoms with Gasteiger partial charge in [0.05, 0.1) is 0 Å². The summed E-state index contributed by atoms with van der Waals surface area (Å²) in [6.07, 6.45) is 6.44. The zero-order valence-electron chi connectivity index (χ0n) is 11.1. The van der Waals surface area contributed by atoms with Crippen molar-refractivity contribution in [2.45, 2.75) is 6.54 Å². The molecule has 0 radical (unpaired) electrons. The Kier molecular flexibility index (Phi) is 3.46. The lowest BCUT2D eigenvalue weighted by molar-refractivity contribution is 0.627. The van der Waals surface area contributed by atoms with Crippen LogP contribution in [-0.2, 0) is 6.54 Å². The molecule has 0 aliphatic heterocycles. The number of nitrogen functional groups attached to an aromatic ring is 1. The van der Waals surface area contributed by atoms with E-state index in [4.69, 9.17) is 5.73 Å². The van der Waals surface area contributed by atoms with Gasteiger partial charge in [-0.15, -0.1) is 0 Å². The van der Waals surface area contributed by atoms with Crippen molar-refractivity contribution in [3.05, 3.63) is 60.7 Å². The fraction of sp³-hybridized carbons (Fsp3) is 0.0714. The van der Waals surface area contributed by atoms with E-state index in [0.29, 0.717) is 23.9 Å². The van der Waals surface area contributed by atoms with E-state index in [-0.39, 0.29) is 5.82 Å². The van der Waals surface area contributed by atoms with E-state index < -0.39 is 0 Å². The van der Waals surface area contributed by atoms with Crippen LogP contribution in [0.2, 0.25) is 0 Å². The van der Waals surface area contributed by atoms with Crippen molar-refractivity contribution >= 4 is 11.5 Å². The van der Waals surface area contributed by atoms with Gasteiger partial charge in [0, 0.05) is 18.9 Å². The number of anilines is 2. The Bertz CT molecular complexity index is 724. The fourth-order valence-electron chi connectivity index (χ4n) is 1.91. The quantitative estimate of drug-likeness (QED) is 0.765. The molecule has 1 aromatic carbocycles. The van der Waals surface area contributed by atoms with Crippen LogP contribution in [0.1, 0.15) is 5.56 Å². The molecule has 0 fully saturated rings. The number of rotatable bonds is 4. The van der Waals surface area contributed by atoms with Crippen LogP contribution in [0.15, 0.2) is 49.3 Å². The molecule has 0 saturated heterocycles. The zero-order valence-corrected chi connectivity index (χ0v) is 11.1. The van der Waals surface area contributed by atoms with Crippen LogP contribution >= 0.6 is 0 Å². The molecule has 3 aromatic rings. The lowest BCUT2D eigenvalue weighted by atomic mass is 10.2. The largest absolute Gasteiger partial charge is 0.393 e. The van der Waals surface area contributed by atoms with Gasteiger partial charge < -0.3 is 11.1 Å². The third-order valence-electron chi connectivity index (χ3n) is 2.99. The van der Waals surface area contributed by atoms with E-state index in [2.05, 4.69) is 20.3 Å². The Labute approximate surface area is 120 Å². The molecular weight excluding hydrogens is 271 g/mol. The van der Waals surface area contributed by atoms with Gasteiger partial charge in [0.25, 0.3) is 0 Å². The molecule has 0 bridgehead atoms. The summed E-state index contributed by atoms with van der Waals surface area (Å²) in [5, 5.41) is 3.12. The Morgan fingerprint density at radius 3 is 2.71 bits per heavy atom. The molecule has 7 heteroatoms. The second-order valence-electron chi connectivity index (χ2n) is 4.41. The lowest BCUT2D eigenvalue weighted by Gasteiger charge is -2.11. The number of benzene rings is 1. The number of nitrogens with zero attached hydrogens (tertiary/aromatic N) is 4. The van der Waals surface area contributed by atoms with Gasteiger partial charge in [0.15, 0.2) is 11.6 Å². The highest BCUT2D eigenvalue weighted by molar-refractivity contribution is 5.69. The Morgan fingerprint density at radius 2 is 2.00 bits per heavy atom. The number of nitrogens with two attached hydrogens (primary N) is 1. The molecule has 0 atom stereocenters. The van der Waals surface area contributed by atoms with E-state index in [1.54, 1.807) is 35.4 Å². The van der Waals surface area contributed by atoms with Crippen LogP contribution < -0.4 is 11.1 Å². The van der Waals surface area contributed by atoms with Gasteiger partial charge in [-0.3, -0.25) is 4.57 Å². The standard InChI is InChI=1S/C14H13FN6/c15-11-3-1-10(2-4-11)7-18-13-12(16)14(20-8-19-13)21-6-5-17-9-21/h1-6,8-9H,7,16H2,(H,18,19,20). The normalized spacial score (nSPS) is 10.5. The molecule has 3 rings (SSSR count). The number of imidazole rings is 1. The van der Waals surface area contributed by atoms with E-state index in [0.717, 1.165) is 5.56 Å². The highest BCUT2D eigenvalue weighted by Crippen LogP contribution is 2.21. The van der Waals surface area contributed by atoms with Crippen LogP contribution in [0.25, 0.3) is 5.82 Å². The molecule has 0 unspecified atom stereocenters. The smallest absolute Gasteiger partial charge is 0.166 e. The highest BCUT2D eigenvalue weighted by atomic mass is 19.1. The van der Waals surface area contributed by atoms with Crippen LogP contribution in [0.5, 0.6) is 0 Å². The topological polar surface area (TPSA) is 81.6 Å². The van der Waals surface area contributed by atoms with E-state index in [9.17, 15) is 4.39 Å². The first-order valence-electron chi connectivity index (χ1n) is 6.31. The third-order valence-corrected chi connectivity index (χ3v) is 2.99. The maximum atomic E-state index is 12.9. The summed E-state index contributed by atoms with van der Waals surface area (Å²) in [6.45, 7) is 0.491. The number of hydrogen-bond donors (Lipinski definition) is 2. The van der Waals surface area contributed by atoms with E-state index >= 15 is 0 Å². The van der Waals surface area contributed by atoms with Crippen LogP contribution in [0.4, 0.5) is 15.9 Å². The first-order valence-corrected chi connectivity index (χ1v) is 6.31. The molecule has 0 aliphatic rings. The Morgan fingerprint density at radius 1 is 1.19 bits per heavy atom. The zero-order chi connectivity index (χ0) is 14.7. The van der Waals surface area contributed by atoms with Crippen molar-refractivity contribution in [1.29, 1.82) is 0 Å². The summed E-state index contributed by atoms with van der Waals surface area (Å²) < 4.78 is 14.6. The lowest BCUT2D eigenvalue weighted by Crippen LogP contribution is -2.09. The second-order valence-corrected chi connectivity index (χ2v) is 4.41. The summed E-state index contributed by atoms with van der Waals surface area (Å²) in [4.78, 5) is 12.2. The van der Waals surface area contributed by atoms with Gasteiger partial charge >= 0.3 is 0 Å². The van der Waals surface area contributed by atoms with Gasteiger partial charge in [-0.1, -0.05) is 12.1 Å². The minimum atomic E-state index is -0.261. The molecular formula is C14H13FN6. The van der Waals surface area contributed by atoms with Gasteiger partial charge in [-0.2, -0.15) is 0 Å². The molecule has 106 valence electrons. The first kappa shape index (κ1) is 13.0. The minimum Gasteiger partial charge on any atom is -0.393 e. The summed E-state index contributed by atoms with van der Waals surface area (Å²) in [7, 11) is 0. The van der Waals surface area contributed by atoms with E-state index in [1.165, 1.54) is 18.5 Å². The number of nitrogens with one attached hydrogen (secondary N) is 1. The predicted molar refractivity (Wildman–Crippen MR) is 77.3 cm³/mol. The van der Waals surface area contributed by atoms with Crippen molar-refractivity contribution in [1.82, 2.24) is 19.5 Å². The molecule has 2 aromatic heterocycles.